The minimum absolute atomic E-state index is 0.0527. The van der Waals surface area contributed by atoms with E-state index in [1.165, 1.54) is 34.0 Å². The number of nitrogens with one attached hydrogen (secondary N) is 1. The summed E-state index contributed by atoms with van der Waals surface area (Å²) in [5, 5.41) is 11.3. The predicted octanol–water partition coefficient (Wildman–Crippen LogP) is 1.75. The lowest BCUT2D eigenvalue weighted by molar-refractivity contribution is -0.0462. The van der Waals surface area contributed by atoms with Gasteiger partial charge in [0.05, 0.1) is 32.5 Å². The molecule has 0 spiro atoms. The van der Waals surface area contributed by atoms with Gasteiger partial charge in [-0.25, -0.2) is 38.5 Å². The number of hydrogen-bond acceptors (Lipinski definition) is 15. The molecule has 23 heteroatoms. The third kappa shape index (κ3) is 5.09. The summed E-state index contributed by atoms with van der Waals surface area (Å²) >= 11 is 8.37. The van der Waals surface area contributed by atoms with E-state index in [2.05, 4.69) is 54.4 Å². The summed E-state index contributed by atoms with van der Waals surface area (Å²) in [7, 11) is 0. The zero-order chi connectivity index (χ0) is 32.0. The first-order chi connectivity index (χ1) is 22.0. The Morgan fingerprint density at radius 3 is 2.59 bits per heavy atom. The van der Waals surface area contributed by atoms with E-state index in [1.807, 2.05) is 4.57 Å². The van der Waals surface area contributed by atoms with Crippen molar-refractivity contribution in [3.63, 3.8) is 0 Å². The van der Waals surface area contributed by atoms with E-state index in [-0.39, 0.29) is 53.9 Å². The minimum atomic E-state index is -4.14. The second-order valence-electron chi connectivity index (χ2n) is 11.2. The number of ether oxygens (including phenoxy) is 1. The molecular weight excluding hydrogens is 686 g/mol. The molecule has 2 aliphatic heterocycles. The largest absolute Gasteiger partial charge is 0.387 e. The van der Waals surface area contributed by atoms with Crippen LogP contribution in [0.1, 0.15) is 18.7 Å². The Bertz CT molecular complexity index is 2140. The molecule has 0 amide bonds. The highest BCUT2D eigenvalue weighted by Crippen LogP contribution is 2.60. The van der Waals surface area contributed by atoms with Gasteiger partial charge in [-0.3, -0.25) is 18.4 Å². The summed E-state index contributed by atoms with van der Waals surface area (Å²) in [4.78, 5) is 36.9. The standard InChI is InChI=1S/C23H26N10O9P2S2/c24-18-14-19(27-7-26-18)32(8-28-14)12-3-10-4-38-44(37,46)42-17-16(34)13(6-40-43(36,45)39-5-11(10)12)41-22(17)33-9-29-15-20(33)30-23-25-1-2-31(23)21(15)35/h1-2,7-13,16-17,22,34H,3-6H2,(H,25,30)(H,36,45)(H,37,46)(H2,24,26,27)/t10-,11-,12-,13-,16-,17-,22-,43?,44+/m1/s1. The Kier molecular flexibility index (Phi) is 7.37. The van der Waals surface area contributed by atoms with E-state index in [9.17, 15) is 19.0 Å². The fourth-order valence-electron chi connectivity index (χ4n) is 6.22. The topological polar surface area (TPSA) is 238 Å². The number of anilines is 1. The number of fused-ring (bicyclic) bond motifs is 6. The van der Waals surface area contributed by atoms with E-state index in [0.29, 0.717) is 17.6 Å². The maximum atomic E-state index is 13.6. The van der Waals surface area contributed by atoms with Gasteiger partial charge in [-0.2, -0.15) is 0 Å². The number of thiol groups is 2. The highest BCUT2D eigenvalue weighted by atomic mass is 32.7. The van der Waals surface area contributed by atoms with Crippen molar-refractivity contribution >= 4 is 72.0 Å². The van der Waals surface area contributed by atoms with Gasteiger partial charge in [-0.05, 0) is 12.3 Å². The monoisotopic (exact) mass is 712 g/mol. The first kappa shape index (κ1) is 30.5. The molecule has 244 valence electrons. The van der Waals surface area contributed by atoms with Crippen LogP contribution in [-0.2, 0) is 32.0 Å². The van der Waals surface area contributed by atoms with Crippen molar-refractivity contribution in [1.29, 1.82) is 0 Å². The van der Waals surface area contributed by atoms with Gasteiger partial charge in [-0.15, -0.1) is 0 Å². The third-order valence-corrected chi connectivity index (χ3v) is 11.9. The lowest BCUT2D eigenvalue weighted by Gasteiger charge is -2.45. The smallest absolute Gasteiger partial charge is 0.386 e. The van der Waals surface area contributed by atoms with Crippen molar-refractivity contribution in [2.24, 2.45) is 11.8 Å². The summed E-state index contributed by atoms with van der Waals surface area (Å²) < 4.78 is 60.3. The van der Waals surface area contributed by atoms with Crippen molar-refractivity contribution < 1.29 is 37.1 Å². The second kappa shape index (κ2) is 11.1. The molecule has 1 unspecified atom stereocenters. The molecule has 3 fully saturated rings. The number of aromatic amines is 1. The molecule has 2 saturated heterocycles. The number of aliphatic hydroxyl groups is 1. The molecule has 5 aromatic rings. The molecule has 1 saturated carbocycles. The van der Waals surface area contributed by atoms with Crippen LogP contribution < -0.4 is 11.3 Å². The van der Waals surface area contributed by atoms with E-state index >= 15 is 0 Å². The molecule has 2 bridgehead atoms. The molecule has 0 radical (unpaired) electrons. The summed E-state index contributed by atoms with van der Waals surface area (Å²) in [5.41, 5.74) is 6.72. The summed E-state index contributed by atoms with van der Waals surface area (Å²) in [6.07, 6.45) is 2.48. The van der Waals surface area contributed by atoms with Crippen LogP contribution in [0.3, 0.4) is 0 Å². The SMILES string of the molecule is Nc1ncnc2c1ncn2[C@@H]1C[C@@H]2CO[P@](=O)(S)O[C@@H]3[C@H](O)[C@@H](COP(=O)(S)OC[C@H]21)O[C@H]3n1cnc2c(=O)n3ccnc3[nH]c21. The number of hydrogen-bond donors (Lipinski definition) is 5. The first-order valence-corrected chi connectivity index (χ1v) is 19.3. The van der Waals surface area contributed by atoms with Crippen LogP contribution in [-0.4, -0.2) is 86.7 Å². The predicted molar refractivity (Wildman–Crippen MR) is 165 cm³/mol. The minimum Gasteiger partial charge on any atom is -0.387 e. The molecule has 3 aliphatic rings. The van der Waals surface area contributed by atoms with E-state index in [1.54, 1.807) is 6.33 Å². The van der Waals surface area contributed by atoms with Gasteiger partial charge >= 0.3 is 13.6 Å². The molecule has 46 heavy (non-hydrogen) atoms. The summed E-state index contributed by atoms with van der Waals surface area (Å²) in [6, 6.07) is -0.224. The van der Waals surface area contributed by atoms with Crippen molar-refractivity contribution in [2.75, 3.05) is 25.6 Å². The zero-order valence-corrected chi connectivity index (χ0v) is 27.0. The Morgan fingerprint density at radius 2 is 1.74 bits per heavy atom. The Balaban J connectivity index is 1.10. The summed E-state index contributed by atoms with van der Waals surface area (Å²) in [5.74, 6) is -0.115. The Morgan fingerprint density at radius 1 is 0.978 bits per heavy atom. The number of nitrogen functional groups attached to an aromatic ring is 1. The van der Waals surface area contributed by atoms with E-state index in [0.717, 1.165) is 0 Å². The van der Waals surface area contributed by atoms with Crippen LogP contribution in [0, 0.1) is 11.8 Å². The van der Waals surface area contributed by atoms with Crippen LogP contribution in [0.25, 0.3) is 28.1 Å². The van der Waals surface area contributed by atoms with Gasteiger partial charge in [0, 0.05) is 24.4 Å². The Hall–Kier alpha value is -2.84. The molecule has 0 aromatic carbocycles. The van der Waals surface area contributed by atoms with Crippen LogP contribution in [0.2, 0.25) is 0 Å². The number of aliphatic hydroxyl groups excluding tert-OH is 1. The molecule has 8 rings (SSSR count). The van der Waals surface area contributed by atoms with Gasteiger partial charge in [0.1, 0.15) is 35.8 Å². The lowest BCUT2D eigenvalue weighted by atomic mass is 9.70. The molecular formula is C23H26N10O9P2S2. The van der Waals surface area contributed by atoms with Crippen molar-refractivity contribution in [1.82, 2.24) is 43.4 Å². The summed E-state index contributed by atoms with van der Waals surface area (Å²) in [6.45, 7) is -8.72. The maximum Gasteiger partial charge on any atom is 0.386 e. The fourth-order valence-corrected chi connectivity index (χ4v) is 8.89. The average molecular weight is 713 g/mol. The fraction of sp³-hybridized carbons (Fsp3) is 0.478. The number of rotatable bonds is 2. The maximum absolute atomic E-state index is 13.6. The van der Waals surface area contributed by atoms with Crippen LogP contribution in [0.4, 0.5) is 5.82 Å². The zero-order valence-electron chi connectivity index (χ0n) is 23.4. The van der Waals surface area contributed by atoms with E-state index in [4.69, 9.17) is 28.6 Å². The van der Waals surface area contributed by atoms with Crippen LogP contribution in [0.5, 0.6) is 0 Å². The number of nitrogens with two attached hydrogens (primary N) is 1. The average Bonchev–Trinajstić information content (AvgIpc) is 3.79. The third-order valence-electron chi connectivity index (χ3n) is 8.60. The number of aromatic nitrogens is 9. The molecule has 9 atom stereocenters. The van der Waals surface area contributed by atoms with Crippen LogP contribution >= 0.6 is 38.1 Å². The first-order valence-electron chi connectivity index (χ1n) is 14.0. The highest BCUT2D eigenvalue weighted by molar-refractivity contribution is 8.44. The quantitative estimate of drug-likeness (QED) is 0.129. The molecule has 7 heterocycles. The van der Waals surface area contributed by atoms with Crippen molar-refractivity contribution in [3.05, 3.63) is 41.7 Å². The number of imidazole rings is 3. The molecule has 4 N–H and O–H groups in total. The highest BCUT2D eigenvalue weighted by Gasteiger charge is 2.51. The van der Waals surface area contributed by atoms with Gasteiger partial charge in [-0.1, -0.05) is 24.5 Å². The van der Waals surface area contributed by atoms with Crippen molar-refractivity contribution in [3.8, 4) is 0 Å². The van der Waals surface area contributed by atoms with Crippen LogP contribution in [0.15, 0.2) is 36.2 Å². The Labute approximate surface area is 268 Å². The van der Waals surface area contributed by atoms with Crippen molar-refractivity contribution in [2.45, 2.75) is 37.0 Å². The second-order valence-corrected chi connectivity index (χ2v) is 17.0. The number of nitrogens with zero attached hydrogens (tertiary/aromatic N) is 8. The van der Waals surface area contributed by atoms with Gasteiger partial charge in [0.2, 0.25) is 5.78 Å². The van der Waals surface area contributed by atoms with Gasteiger partial charge in [0.15, 0.2) is 23.2 Å². The normalized spacial score (nSPS) is 35.7. The molecule has 5 aromatic heterocycles. The van der Waals surface area contributed by atoms with E-state index < -0.39 is 50.3 Å². The lowest BCUT2D eigenvalue weighted by Crippen LogP contribution is -2.43. The molecule has 19 nitrogen and oxygen atoms in total. The number of H-pyrrole nitrogens is 1. The molecule has 1 aliphatic carbocycles. The van der Waals surface area contributed by atoms with Gasteiger partial charge < -0.3 is 34.2 Å². The van der Waals surface area contributed by atoms with Gasteiger partial charge in [0.25, 0.3) is 5.56 Å².